The van der Waals surface area contributed by atoms with Crippen LogP contribution in [0.3, 0.4) is 0 Å². The molecule has 2 heterocycles. The largest absolute Gasteiger partial charge is 0.466 e. The number of carbonyl (C=O) groups excluding carboxylic acids is 3. The van der Waals surface area contributed by atoms with Crippen LogP contribution in [-0.4, -0.2) is 42.3 Å². The first kappa shape index (κ1) is 19.8. The van der Waals surface area contributed by atoms with Crippen LogP contribution < -0.4 is 0 Å². The number of benzene rings is 1. The number of ketones is 1. The van der Waals surface area contributed by atoms with E-state index in [1.165, 1.54) is 35.4 Å². The molecule has 0 saturated carbocycles. The average Bonchev–Trinajstić information content (AvgIpc) is 3.24. The average molecular weight is 387 g/mol. The number of nitrogens with zero attached hydrogens (tertiary/aromatic N) is 1. The van der Waals surface area contributed by atoms with Gasteiger partial charge in [0, 0.05) is 13.1 Å². The predicted octanol–water partition coefficient (Wildman–Crippen LogP) is 3.02. The lowest BCUT2D eigenvalue weighted by Crippen LogP contribution is -2.53. The minimum absolute atomic E-state index is 0.0316. The van der Waals surface area contributed by atoms with Gasteiger partial charge in [-0.05, 0) is 56.0 Å². The second-order valence-electron chi connectivity index (χ2n) is 6.94. The second-order valence-corrected chi connectivity index (χ2v) is 6.94. The third kappa shape index (κ3) is 4.13. The summed E-state index contributed by atoms with van der Waals surface area (Å²) in [6.45, 7) is 2.36. The first-order valence-electron chi connectivity index (χ1n) is 9.24. The van der Waals surface area contributed by atoms with Crippen molar-refractivity contribution in [3.8, 4) is 0 Å². The van der Waals surface area contributed by atoms with Crippen molar-refractivity contribution in [1.82, 2.24) is 4.90 Å². The van der Waals surface area contributed by atoms with E-state index in [9.17, 15) is 18.8 Å². The molecule has 1 fully saturated rings. The molecule has 1 aromatic heterocycles. The highest BCUT2D eigenvalue weighted by Crippen LogP contribution is 2.35. The predicted molar refractivity (Wildman–Crippen MR) is 98.0 cm³/mol. The highest BCUT2D eigenvalue weighted by molar-refractivity contribution is 6.41. The minimum Gasteiger partial charge on any atom is -0.466 e. The summed E-state index contributed by atoms with van der Waals surface area (Å²) in [7, 11) is 0. The zero-order valence-corrected chi connectivity index (χ0v) is 15.7. The summed E-state index contributed by atoms with van der Waals surface area (Å²) in [5, 5.41) is 0. The maximum atomic E-state index is 13.2. The van der Waals surface area contributed by atoms with E-state index in [0.717, 1.165) is 5.56 Å². The molecule has 1 aliphatic heterocycles. The molecule has 1 atom stereocenters. The summed E-state index contributed by atoms with van der Waals surface area (Å²) < 4.78 is 23.6. The van der Waals surface area contributed by atoms with Crippen LogP contribution in [0.15, 0.2) is 47.1 Å². The lowest BCUT2D eigenvalue weighted by atomic mass is 9.75. The SMILES string of the molecule is CCOC(=O)C1(Cc2ccc(F)cc2)CCCN(C(=O)C(=O)c2ccco2)C1. The molecule has 6 nitrogen and oxygen atoms in total. The molecule has 0 N–H and O–H groups in total. The van der Waals surface area contributed by atoms with Crippen molar-refractivity contribution in [2.75, 3.05) is 19.7 Å². The van der Waals surface area contributed by atoms with Crippen molar-refractivity contribution in [3.63, 3.8) is 0 Å². The molecule has 0 radical (unpaired) electrons. The first-order valence-corrected chi connectivity index (χ1v) is 9.24. The molecule has 1 unspecified atom stereocenters. The van der Waals surface area contributed by atoms with Crippen LogP contribution in [0.2, 0.25) is 0 Å². The van der Waals surface area contributed by atoms with Crippen LogP contribution >= 0.6 is 0 Å². The Morgan fingerprint density at radius 1 is 1.21 bits per heavy atom. The topological polar surface area (TPSA) is 76.8 Å². The molecule has 2 aromatic rings. The molecule has 148 valence electrons. The standard InChI is InChI=1S/C21H22FNO5/c1-2-27-20(26)21(13-15-6-8-16(22)9-7-15)10-4-11-23(14-21)19(25)18(24)17-5-3-12-28-17/h3,5-9,12H,2,4,10-11,13-14H2,1H3. The highest BCUT2D eigenvalue weighted by atomic mass is 19.1. The highest BCUT2D eigenvalue weighted by Gasteiger charge is 2.45. The van der Waals surface area contributed by atoms with Gasteiger partial charge in [0.05, 0.1) is 18.3 Å². The summed E-state index contributed by atoms with van der Waals surface area (Å²) in [6.07, 6.45) is 2.69. The van der Waals surface area contributed by atoms with Crippen LogP contribution in [0, 0.1) is 11.2 Å². The number of hydrogen-bond donors (Lipinski definition) is 0. The number of carbonyl (C=O) groups is 3. The molecule has 0 aliphatic carbocycles. The third-order valence-electron chi connectivity index (χ3n) is 4.97. The molecule has 1 aromatic carbocycles. The Balaban J connectivity index is 1.84. The fraction of sp³-hybridized carbons (Fsp3) is 0.381. The fourth-order valence-electron chi connectivity index (χ4n) is 3.62. The van der Waals surface area contributed by atoms with E-state index in [1.54, 1.807) is 19.1 Å². The van der Waals surface area contributed by atoms with Gasteiger partial charge in [0.25, 0.3) is 11.7 Å². The molecule has 1 aliphatic rings. The summed E-state index contributed by atoms with van der Waals surface area (Å²) in [5.41, 5.74) is -0.216. The van der Waals surface area contributed by atoms with Crippen LogP contribution in [0.25, 0.3) is 0 Å². The van der Waals surface area contributed by atoms with E-state index >= 15 is 0 Å². The molecular weight excluding hydrogens is 365 g/mol. The number of esters is 1. The fourth-order valence-corrected chi connectivity index (χ4v) is 3.62. The lowest BCUT2D eigenvalue weighted by molar-refractivity contribution is -0.160. The molecule has 28 heavy (non-hydrogen) atoms. The normalized spacial score (nSPS) is 19.3. The van der Waals surface area contributed by atoms with Crippen LogP contribution in [0.4, 0.5) is 4.39 Å². The van der Waals surface area contributed by atoms with E-state index < -0.39 is 23.1 Å². The summed E-state index contributed by atoms with van der Waals surface area (Å²) >= 11 is 0. The van der Waals surface area contributed by atoms with Crippen molar-refractivity contribution in [2.24, 2.45) is 5.41 Å². The van der Waals surface area contributed by atoms with Crippen LogP contribution in [0.5, 0.6) is 0 Å². The van der Waals surface area contributed by atoms with Gasteiger partial charge in [-0.1, -0.05) is 12.1 Å². The van der Waals surface area contributed by atoms with E-state index in [4.69, 9.17) is 9.15 Å². The van der Waals surface area contributed by atoms with Gasteiger partial charge in [-0.2, -0.15) is 0 Å². The zero-order valence-electron chi connectivity index (χ0n) is 15.7. The first-order chi connectivity index (χ1) is 13.4. The number of ether oxygens (including phenoxy) is 1. The van der Waals surface area contributed by atoms with Gasteiger partial charge in [0.1, 0.15) is 5.82 Å². The van der Waals surface area contributed by atoms with E-state index in [2.05, 4.69) is 0 Å². The van der Waals surface area contributed by atoms with Crippen molar-refractivity contribution >= 4 is 17.7 Å². The minimum atomic E-state index is -0.981. The Bertz CT molecular complexity index is 846. The summed E-state index contributed by atoms with van der Waals surface area (Å²) in [4.78, 5) is 39.2. The number of rotatable bonds is 6. The number of furan rings is 1. The Labute approximate surface area is 162 Å². The molecule has 1 amide bonds. The van der Waals surface area contributed by atoms with Crippen LogP contribution in [0.1, 0.15) is 35.9 Å². The quantitative estimate of drug-likeness (QED) is 0.433. The van der Waals surface area contributed by atoms with E-state index in [-0.39, 0.29) is 24.7 Å². The third-order valence-corrected chi connectivity index (χ3v) is 4.97. The number of amides is 1. The van der Waals surface area contributed by atoms with Crippen molar-refractivity contribution in [1.29, 1.82) is 0 Å². The lowest BCUT2D eigenvalue weighted by Gasteiger charge is -2.40. The zero-order chi connectivity index (χ0) is 20.1. The maximum absolute atomic E-state index is 13.2. The molecule has 7 heteroatoms. The van der Waals surface area contributed by atoms with Gasteiger partial charge in [-0.3, -0.25) is 14.4 Å². The number of likely N-dealkylation sites (tertiary alicyclic amines) is 1. The van der Waals surface area contributed by atoms with Gasteiger partial charge in [0.15, 0.2) is 5.76 Å². The van der Waals surface area contributed by atoms with Crippen molar-refractivity contribution < 1.29 is 27.9 Å². The molecule has 0 bridgehead atoms. The Morgan fingerprint density at radius 3 is 2.61 bits per heavy atom. The second kappa shape index (κ2) is 8.37. The van der Waals surface area contributed by atoms with Crippen LogP contribution in [-0.2, 0) is 20.7 Å². The van der Waals surface area contributed by atoms with Crippen molar-refractivity contribution in [3.05, 3.63) is 59.8 Å². The monoisotopic (exact) mass is 387 g/mol. The smallest absolute Gasteiger partial charge is 0.314 e. The van der Waals surface area contributed by atoms with Gasteiger partial charge in [-0.25, -0.2) is 4.39 Å². The molecule has 0 spiro atoms. The van der Waals surface area contributed by atoms with Gasteiger partial charge in [0.2, 0.25) is 0 Å². The summed E-state index contributed by atoms with van der Waals surface area (Å²) in [6, 6.07) is 8.87. The van der Waals surface area contributed by atoms with Gasteiger partial charge < -0.3 is 14.1 Å². The van der Waals surface area contributed by atoms with Crippen molar-refractivity contribution in [2.45, 2.75) is 26.2 Å². The Hall–Kier alpha value is -2.96. The molecular formula is C21H22FNO5. The number of hydrogen-bond acceptors (Lipinski definition) is 5. The molecule has 1 saturated heterocycles. The Morgan fingerprint density at radius 2 is 1.96 bits per heavy atom. The van der Waals surface area contributed by atoms with E-state index in [0.29, 0.717) is 25.8 Å². The maximum Gasteiger partial charge on any atom is 0.314 e. The van der Waals surface area contributed by atoms with Gasteiger partial charge in [-0.15, -0.1) is 0 Å². The van der Waals surface area contributed by atoms with Gasteiger partial charge >= 0.3 is 5.97 Å². The number of piperidine rings is 1. The van der Waals surface area contributed by atoms with E-state index in [1.807, 2.05) is 0 Å². The number of Topliss-reactive ketones (excluding diaryl/α,β-unsaturated/α-hetero) is 1. The Kier molecular flexibility index (Phi) is 5.92. The summed E-state index contributed by atoms with van der Waals surface area (Å²) in [5.74, 6) is -2.26. The molecule has 3 rings (SSSR count). The number of halogens is 1.